The zero-order valence-electron chi connectivity index (χ0n) is 17.8. The van der Waals surface area contributed by atoms with Gasteiger partial charge in [0.25, 0.3) is 5.91 Å². The standard InChI is InChI=1S/C25H24N2O4S/c1-3-26-32(29,30)20-14-13-17(2)21(16-20)25(28)27-24(18-9-5-4-6-10-18)23-15-19-11-7-8-12-22(19)31-23/h4-16,24,26H,3H2,1-2H3,(H,27,28). The molecule has 1 aromatic heterocycles. The number of sulfonamides is 1. The first kappa shape index (κ1) is 21.8. The molecular weight excluding hydrogens is 424 g/mol. The second-order valence-corrected chi connectivity index (χ2v) is 9.25. The Balaban J connectivity index is 1.72. The number of amides is 1. The Morgan fingerprint density at radius 3 is 2.41 bits per heavy atom. The topological polar surface area (TPSA) is 88.4 Å². The van der Waals surface area contributed by atoms with E-state index in [1.54, 1.807) is 19.9 Å². The van der Waals surface area contributed by atoms with Crippen molar-refractivity contribution in [1.82, 2.24) is 10.0 Å². The monoisotopic (exact) mass is 448 g/mol. The summed E-state index contributed by atoms with van der Waals surface area (Å²) >= 11 is 0. The van der Waals surface area contributed by atoms with Gasteiger partial charge in [-0.2, -0.15) is 0 Å². The van der Waals surface area contributed by atoms with E-state index in [0.29, 0.717) is 16.9 Å². The molecule has 0 aliphatic rings. The van der Waals surface area contributed by atoms with E-state index < -0.39 is 16.1 Å². The minimum absolute atomic E-state index is 0.0510. The van der Waals surface area contributed by atoms with Crippen LogP contribution in [0.3, 0.4) is 0 Å². The lowest BCUT2D eigenvalue weighted by molar-refractivity contribution is 0.0938. The molecule has 0 fully saturated rings. The Hall–Kier alpha value is -3.42. The van der Waals surface area contributed by atoms with Crippen LogP contribution in [-0.4, -0.2) is 20.9 Å². The minimum atomic E-state index is -3.68. The molecule has 0 radical (unpaired) electrons. The molecule has 1 unspecified atom stereocenters. The number of carbonyl (C=O) groups is 1. The van der Waals surface area contributed by atoms with Gasteiger partial charge in [-0.3, -0.25) is 4.79 Å². The van der Waals surface area contributed by atoms with Gasteiger partial charge in [-0.05, 0) is 42.3 Å². The van der Waals surface area contributed by atoms with Crippen molar-refractivity contribution < 1.29 is 17.6 Å². The lowest BCUT2D eigenvalue weighted by Gasteiger charge is -2.18. The van der Waals surface area contributed by atoms with E-state index in [1.165, 1.54) is 12.1 Å². The Kier molecular flexibility index (Phi) is 6.12. The van der Waals surface area contributed by atoms with Crippen molar-refractivity contribution in [1.29, 1.82) is 0 Å². The summed E-state index contributed by atoms with van der Waals surface area (Å²) in [5.41, 5.74) is 2.55. The molecule has 7 heteroatoms. The largest absolute Gasteiger partial charge is 0.459 e. The summed E-state index contributed by atoms with van der Waals surface area (Å²) < 4.78 is 33.3. The highest BCUT2D eigenvalue weighted by molar-refractivity contribution is 7.89. The molecule has 4 rings (SSSR count). The molecular formula is C25H24N2O4S. The number of carbonyl (C=O) groups excluding carboxylic acids is 1. The highest BCUT2D eigenvalue weighted by Crippen LogP contribution is 2.29. The highest BCUT2D eigenvalue weighted by Gasteiger charge is 2.24. The number of para-hydroxylation sites is 1. The van der Waals surface area contributed by atoms with E-state index in [9.17, 15) is 13.2 Å². The molecule has 0 aliphatic carbocycles. The third kappa shape index (κ3) is 4.44. The van der Waals surface area contributed by atoms with Gasteiger partial charge in [-0.1, -0.05) is 61.5 Å². The van der Waals surface area contributed by atoms with Crippen molar-refractivity contribution in [2.75, 3.05) is 6.54 Å². The number of fused-ring (bicyclic) bond motifs is 1. The van der Waals surface area contributed by atoms with Crippen molar-refractivity contribution in [3.8, 4) is 0 Å². The fourth-order valence-corrected chi connectivity index (χ4v) is 4.67. The summed E-state index contributed by atoms with van der Waals surface area (Å²) in [5, 5.41) is 3.97. The highest BCUT2D eigenvalue weighted by atomic mass is 32.2. The third-order valence-electron chi connectivity index (χ3n) is 5.24. The van der Waals surface area contributed by atoms with Crippen molar-refractivity contribution in [3.63, 3.8) is 0 Å². The lowest BCUT2D eigenvalue weighted by Crippen LogP contribution is -2.30. The van der Waals surface area contributed by atoms with Crippen molar-refractivity contribution in [3.05, 3.63) is 101 Å². The van der Waals surface area contributed by atoms with Gasteiger partial charge in [0.15, 0.2) is 0 Å². The van der Waals surface area contributed by atoms with Gasteiger partial charge in [0.2, 0.25) is 10.0 Å². The Morgan fingerprint density at radius 1 is 0.969 bits per heavy atom. The zero-order valence-corrected chi connectivity index (χ0v) is 18.6. The first-order valence-electron chi connectivity index (χ1n) is 10.3. The second kappa shape index (κ2) is 8.98. The first-order valence-corrected chi connectivity index (χ1v) is 11.8. The number of benzene rings is 3. The van der Waals surface area contributed by atoms with Gasteiger partial charge in [0.05, 0.1) is 4.90 Å². The van der Waals surface area contributed by atoms with Crippen LogP contribution in [0.5, 0.6) is 0 Å². The van der Waals surface area contributed by atoms with Gasteiger partial charge in [0, 0.05) is 17.5 Å². The molecule has 4 aromatic rings. The number of hydrogen-bond acceptors (Lipinski definition) is 4. The first-order chi connectivity index (χ1) is 15.4. The van der Waals surface area contributed by atoms with Gasteiger partial charge >= 0.3 is 0 Å². The van der Waals surface area contributed by atoms with Gasteiger partial charge in [-0.15, -0.1) is 0 Å². The maximum Gasteiger partial charge on any atom is 0.252 e. The van der Waals surface area contributed by atoms with E-state index in [4.69, 9.17) is 4.42 Å². The van der Waals surface area contributed by atoms with Crippen molar-refractivity contribution >= 4 is 26.9 Å². The SMILES string of the molecule is CCNS(=O)(=O)c1ccc(C)c(C(=O)NC(c2ccccc2)c2cc3ccccc3o2)c1. The predicted molar refractivity (Wildman–Crippen MR) is 124 cm³/mol. The molecule has 164 valence electrons. The molecule has 6 nitrogen and oxygen atoms in total. The Labute approximate surface area is 187 Å². The van der Waals surface area contributed by atoms with E-state index in [-0.39, 0.29) is 17.3 Å². The molecule has 3 aromatic carbocycles. The van der Waals surface area contributed by atoms with Crippen LogP contribution in [0, 0.1) is 6.92 Å². The quantitative estimate of drug-likeness (QED) is 0.434. The zero-order chi connectivity index (χ0) is 22.7. The summed E-state index contributed by atoms with van der Waals surface area (Å²) in [6.45, 7) is 3.74. The molecule has 0 saturated heterocycles. The molecule has 2 N–H and O–H groups in total. The smallest absolute Gasteiger partial charge is 0.252 e. The van der Waals surface area contributed by atoms with Crippen LogP contribution in [0.4, 0.5) is 0 Å². The number of furan rings is 1. The third-order valence-corrected chi connectivity index (χ3v) is 6.78. The van der Waals surface area contributed by atoms with Crippen LogP contribution < -0.4 is 10.0 Å². The van der Waals surface area contributed by atoms with Crippen LogP contribution in [0.2, 0.25) is 0 Å². The fourth-order valence-electron chi connectivity index (χ4n) is 3.60. The van der Waals surface area contributed by atoms with Crippen LogP contribution in [-0.2, 0) is 10.0 Å². The summed E-state index contributed by atoms with van der Waals surface area (Å²) in [4.78, 5) is 13.4. The van der Waals surface area contributed by atoms with Crippen molar-refractivity contribution in [2.45, 2.75) is 24.8 Å². The van der Waals surface area contributed by atoms with Gasteiger partial charge in [0.1, 0.15) is 17.4 Å². The van der Waals surface area contributed by atoms with Crippen LogP contribution >= 0.6 is 0 Å². The van der Waals surface area contributed by atoms with Crippen molar-refractivity contribution in [2.24, 2.45) is 0 Å². The van der Waals surface area contributed by atoms with E-state index in [1.807, 2.05) is 60.7 Å². The average molecular weight is 449 g/mol. The molecule has 0 saturated carbocycles. The summed E-state index contributed by atoms with van der Waals surface area (Å²) in [6.07, 6.45) is 0. The predicted octanol–water partition coefficient (Wildman–Crippen LogP) is 4.56. The number of rotatable bonds is 7. The molecule has 32 heavy (non-hydrogen) atoms. The minimum Gasteiger partial charge on any atom is -0.459 e. The molecule has 1 heterocycles. The van der Waals surface area contributed by atoms with Gasteiger partial charge in [-0.25, -0.2) is 13.1 Å². The number of aryl methyl sites for hydroxylation is 1. The molecule has 0 aliphatic heterocycles. The van der Waals surface area contributed by atoms with E-state index in [2.05, 4.69) is 10.0 Å². The number of hydrogen-bond donors (Lipinski definition) is 2. The lowest BCUT2D eigenvalue weighted by atomic mass is 10.0. The summed E-state index contributed by atoms with van der Waals surface area (Å²) in [6, 6.07) is 23.1. The maximum absolute atomic E-state index is 13.3. The van der Waals surface area contributed by atoms with Gasteiger partial charge < -0.3 is 9.73 Å². The molecule has 0 bridgehead atoms. The van der Waals surface area contributed by atoms with Crippen LogP contribution in [0.15, 0.2) is 88.2 Å². The average Bonchev–Trinajstić information content (AvgIpc) is 3.22. The molecule has 1 atom stereocenters. The van der Waals surface area contributed by atoms with E-state index >= 15 is 0 Å². The Morgan fingerprint density at radius 2 is 1.69 bits per heavy atom. The fraction of sp³-hybridized carbons (Fsp3) is 0.160. The summed E-state index contributed by atoms with van der Waals surface area (Å²) in [7, 11) is -3.68. The summed E-state index contributed by atoms with van der Waals surface area (Å²) in [5.74, 6) is 0.213. The molecule has 0 spiro atoms. The van der Waals surface area contributed by atoms with Crippen LogP contribution in [0.1, 0.15) is 40.2 Å². The maximum atomic E-state index is 13.3. The molecule has 1 amide bonds. The second-order valence-electron chi connectivity index (χ2n) is 7.48. The normalized spacial score (nSPS) is 12.6. The van der Waals surface area contributed by atoms with Crippen LogP contribution in [0.25, 0.3) is 11.0 Å². The Bertz CT molecular complexity index is 1330. The van der Waals surface area contributed by atoms with E-state index in [0.717, 1.165) is 16.5 Å². The number of nitrogens with one attached hydrogen (secondary N) is 2.